The van der Waals surface area contributed by atoms with Crippen molar-refractivity contribution in [2.45, 2.75) is 40.0 Å². The molecule has 27 heavy (non-hydrogen) atoms. The Hall–Kier alpha value is -3.15. The van der Waals surface area contributed by atoms with Crippen molar-refractivity contribution in [2.75, 3.05) is 0 Å². The predicted molar refractivity (Wildman–Crippen MR) is 106 cm³/mol. The molecule has 0 aliphatic carbocycles. The molecule has 0 radical (unpaired) electrons. The minimum absolute atomic E-state index is 0.0764. The second kappa shape index (κ2) is 6.87. The Bertz CT molecular complexity index is 1130. The molecule has 3 aromatic heterocycles. The van der Waals surface area contributed by atoms with Crippen molar-refractivity contribution in [2.24, 2.45) is 0 Å². The van der Waals surface area contributed by atoms with Crippen molar-refractivity contribution in [1.29, 1.82) is 0 Å². The number of rotatable bonds is 5. The first-order chi connectivity index (χ1) is 13.1. The van der Waals surface area contributed by atoms with Crippen LogP contribution in [-0.2, 0) is 19.3 Å². The number of nitrogens with one attached hydrogen (secondary N) is 2. The van der Waals surface area contributed by atoms with Gasteiger partial charge in [0.15, 0.2) is 5.65 Å². The Morgan fingerprint density at radius 2 is 1.89 bits per heavy atom. The largest absolute Gasteiger partial charge is 0.293 e. The zero-order valence-electron chi connectivity index (χ0n) is 15.8. The van der Waals surface area contributed by atoms with Crippen molar-refractivity contribution in [1.82, 2.24) is 24.8 Å². The normalized spacial score (nSPS) is 11.4. The zero-order chi connectivity index (χ0) is 19.0. The van der Waals surface area contributed by atoms with Gasteiger partial charge in [0.25, 0.3) is 5.56 Å². The summed E-state index contributed by atoms with van der Waals surface area (Å²) in [6.45, 7) is 6.10. The van der Waals surface area contributed by atoms with Crippen LogP contribution >= 0.6 is 0 Å². The molecule has 0 aliphatic heterocycles. The Balaban J connectivity index is 1.79. The second-order valence-electron chi connectivity index (χ2n) is 6.84. The number of hydrogen-bond acceptors (Lipinski definition) is 3. The maximum atomic E-state index is 12.7. The van der Waals surface area contributed by atoms with Crippen molar-refractivity contribution in [3.63, 3.8) is 0 Å². The fraction of sp³-hybridized carbons (Fsp3) is 0.286. The first-order valence-corrected chi connectivity index (χ1v) is 9.28. The molecule has 0 unspecified atom stereocenters. The summed E-state index contributed by atoms with van der Waals surface area (Å²) in [5.74, 6) is 0. The summed E-state index contributed by atoms with van der Waals surface area (Å²) in [6.07, 6.45) is 2.31. The van der Waals surface area contributed by atoms with Gasteiger partial charge in [-0.2, -0.15) is 5.10 Å². The molecule has 0 saturated carbocycles. The van der Waals surface area contributed by atoms with Gasteiger partial charge in [-0.25, -0.2) is 9.50 Å². The fourth-order valence-electron chi connectivity index (χ4n) is 3.62. The van der Waals surface area contributed by atoms with E-state index >= 15 is 0 Å². The van der Waals surface area contributed by atoms with Gasteiger partial charge in [0.2, 0.25) is 0 Å². The van der Waals surface area contributed by atoms with E-state index in [4.69, 9.17) is 4.98 Å². The highest BCUT2D eigenvalue weighted by Crippen LogP contribution is 2.27. The predicted octanol–water partition coefficient (Wildman–Crippen LogP) is 3.38. The third kappa shape index (κ3) is 3.07. The van der Waals surface area contributed by atoms with Gasteiger partial charge in [0.05, 0.1) is 5.69 Å². The average molecular weight is 361 g/mol. The SMILES string of the molecule is CCc1[nH]n2c(=O)cc(CCc3c(C)n[nH]c3C)nc2c1-c1ccccc1. The fourth-order valence-corrected chi connectivity index (χ4v) is 3.62. The molecule has 0 atom stereocenters. The minimum atomic E-state index is -0.0764. The van der Waals surface area contributed by atoms with Gasteiger partial charge in [-0.05, 0) is 44.2 Å². The van der Waals surface area contributed by atoms with Crippen LogP contribution in [0.1, 0.15) is 35.3 Å². The first-order valence-electron chi connectivity index (χ1n) is 9.28. The summed E-state index contributed by atoms with van der Waals surface area (Å²) in [7, 11) is 0. The van der Waals surface area contributed by atoms with E-state index in [-0.39, 0.29) is 5.56 Å². The number of hydrogen-bond donors (Lipinski definition) is 2. The van der Waals surface area contributed by atoms with Crippen molar-refractivity contribution in [3.8, 4) is 11.1 Å². The van der Waals surface area contributed by atoms with Gasteiger partial charge in [-0.3, -0.25) is 15.0 Å². The third-order valence-corrected chi connectivity index (χ3v) is 5.07. The third-order valence-electron chi connectivity index (χ3n) is 5.07. The zero-order valence-corrected chi connectivity index (χ0v) is 15.8. The van der Waals surface area contributed by atoms with E-state index in [1.54, 1.807) is 10.6 Å². The Morgan fingerprint density at radius 3 is 2.56 bits per heavy atom. The number of nitrogens with zero attached hydrogens (tertiary/aromatic N) is 3. The number of fused-ring (bicyclic) bond motifs is 1. The van der Waals surface area contributed by atoms with Gasteiger partial charge in [-0.15, -0.1) is 0 Å². The molecule has 6 heteroatoms. The van der Waals surface area contributed by atoms with Gasteiger partial charge in [-0.1, -0.05) is 37.3 Å². The highest BCUT2D eigenvalue weighted by Gasteiger charge is 2.16. The van der Waals surface area contributed by atoms with Crippen LogP contribution in [0.15, 0.2) is 41.2 Å². The molecule has 3 heterocycles. The van der Waals surface area contributed by atoms with E-state index in [0.29, 0.717) is 12.1 Å². The number of benzene rings is 1. The van der Waals surface area contributed by atoms with Gasteiger partial charge in [0, 0.05) is 28.7 Å². The molecule has 4 rings (SSSR count). The highest BCUT2D eigenvalue weighted by molar-refractivity contribution is 5.79. The van der Waals surface area contributed by atoms with Crippen LogP contribution in [-0.4, -0.2) is 24.8 Å². The first kappa shape index (κ1) is 17.3. The second-order valence-corrected chi connectivity index (χ2v) is 6.84. The number of aromatic nitrogens is 5. The van der Waals surface area contributed by atoms with Crippen LogP contribution in [0.3, 0.4) is 0 Å². The van der Waals surface area contributed by atoms with Gasteiger partial charge >= 0.3 is 0 Å². The minimum Gasteiger partial charge on any atom is -0.293 e. The van der Waals surface area contributed by atoms with Gasteiger partial charge < -0.3 is 0 Å². The molecule has 0 bridgehead atoms. The van der Waals surface area contributed by atoms with Crippen LogP contribution < -0.4 is 5.56 Å². The molecular formula is C21H23N5O. The van der Waals surface area contributed by atoms with Crippen molar-refractivity contribution >= 4 is 5.65 Å². The van der Waals surface area contributed by atoms with E-state index in [0.717, 1.165) is 46.7 Å². The summed E-state index contributed by atoms with van der Waals surface area (Å²) in [6, 6.07) is 11.7. The van der Waals surface area contributed by atoms with E-state index in [9.17, 15) is 4.79 Å². The molecule has 2 N–H and O–H groups in total. The summed E-state index contributed by atoms with van der Waals surface area (Å²) in [5, 5.41) is 10.5. The summed E-state index contributed by atoms with van der Waals surface area (Å²) >= 11 is 0. The molecule has 0 saturated heterocycles. The average Bonchev–Trinajstić information content (AvgIpc) is 3.21. The molecule has 4 aromatic rings. The molecule has 0 aliphatic rings. The molecule has 6 nitrogen and oxygen atoms in total. The maximum Gasteiger partial charge on any atom is 0.272 e. The number of H-pyrrole nitrogens is 2. The van der Waals surface area contributed by atoms with Crippen LogP contribution in [0.2, 0.25) is 0 Å². The number of aryl methyl sites for hydroxylation is 4. The van der Waals surface area contributed by atoms with Crippen LogP contribution in [0.4, 0.5) is 0 Å². The van der Waals surface area contributed by atoms with Gasteiger partial charge in [0.1, 0.15) is 0 Å². The van der Waals surface area contributed by atoms with E-state index in [1.807, 2.05) is 32.0 Å². The Labute approximate surface area is 157 Å². The van der Waals surface area contributed by atoms with Crippen LogP contribution in [0.25, 0.3) is 16.8 Å². The van der Waals surface area contributed by atoms with Crippen LogP contribution in [0, 0.1) is 13.8 Å². The molecule has 138 valence electrons. The maximum absolute atomic E-state index is 12.7. The molecule has 0 spiro atoms. The van der Waals surface area contributed by atoms with E-state index in [2.05, 4.69) is 34.4 Å². The standard InChI is InChI=1S/C21H23N5O/c1-4-18-20(15-8-6-5-7-9-15)21-22-16(12-19(27)26(21)25-18)10-11-17-13(2)23-24-14(17)3/h5-9,12,25H,4,10-11H2,1-3H3,(H,23,24). The lowest BCUT2D eigenvalue weighted by Crippen LogP contribution is -2.16. The van der Waals surface area contributed by atoms with Crippen molar-refractivity contribution < 1.29 is 0 Å². The molecular weight excluding hydrogens is 338 g/mol. The summed E-state index contributed by atoms with van der Waals surface area (Å²) < 4.78 is 1.55. The van der Waals surface area contributed by atoms with Crippen LogP contribution in [0.5, 0.6) is 0 Å². The lowest BCUT2D eigenvalue weighted by molar-refractivity contribution is 0.829. The lowest BCUT2D eigenvalue weighted by atomic mass is 10.0. The summed E-state index contributed by atoms with van der Waals surface area (Å²) in [5.41, 5.74) is 7.79. The molecule has 0 amide bonds. The Kier molecular flexibility index (Phi) is 4.39. The Morgan fingerprint density at radius 1 is 1.11 bits per heavy atom. The number of aromatic amines is 2. The monoisotopic (exact) mass is 361 g/mol. The summed E-state index contributed by atoms with van der Waals surface area (Å²) in [4.78, 5) is 17.5. The topological polar surface area (TPSA) is 78.8 Å². The quantitative estimate of drug-likeness (QED) is 0.572. The smallest absolute Gasteiger partial charge is 0.272 e. The van der Waals surface area contributed by atoms with E-state index < -0.39 is 0 Å². The van der Waals surface area contributed by atoms with Crippen molar-refractivity contribution in [3.05, 3.63) is 75.1 Å². The highest BCUT2D eigenvalue weighted by atomic mass is 16.1. The van der Waals surface area contributed by atoms with E-state index in [1.165, 1.54) is 5.56 Å². The lowest BCUT2D eigenvalue weighted by Gasteiger charge is -2.04. The molecule has 1 aromatic carbocycles. The molecule has 0 fully saturated rings.